The maximum atomic E-state index is 12.5. The molecule has 0 radical (unpaired) electrons. The topological polar surface area (TPSA) is 95.5 Å². The zero-order valence-electron chi connectivity index (χ0n) is 18.3. The summed E-state index contributed by atoms with van der Waals surface area (Å²) >= 11 is 0. The van der Waals surface area contributed by atoms with Crippen molar-refractivity contribution in [3.63, 3.8) is 0 Å². The van der Waals surface area contributed by atoms with Crippen LogP contribution in [0.1, 0.15) is 22.8 Å². The number of nitrogens with one attached hydrogen (secondary N) is 1. The fraction of sp³-hybridized carbons (Fsp3) is 0.160. The molecular formula is C25H24N2O6. The largest absolute Gasteiger partial charge is 0.497 e. The Balaban J connectivity index is 1.60. The van der Waals surface area contributed by atoms with Crippen molar-refractivity contribution in [3.05, 3.63) is 83.9 Å². The first-order chi connectivity index (χ1) is 16.1. The van der Waals surface area contributed by atoms with E-state index in [2.05, 4.69) is 10.5 Å². The van der Waals surface area contributed by atoms with Gasteiger partial charge in [-0.25, -0.2) is 10.2 Å². The van der Waals surface area contributed by atoms with E-state index in [0.717, 1.165) is 0 Å². The van der Waals surface area contributed by atoms with Crippen molar-refractivity contribution in [1.82, 2.24) is 5.43 Å². The molecule has 1 N–H and O–H groups in total. The van der Waals surface area contributed by atoms with Crippen molar-refractivity contribution in [3.8, 4) is 23.0 Å². The molecule has 3 aromatic rings. The van der Waals surface area contributed by atoms with Gasteiger partial charge in [0.2, 0.25) is 0 Å². The first-order valence-corrected chi connectivity index (χ1v) is 10.2. The molecule has 1 amide bonds. The molecule has 0 bridgehead atoms. The molecule has 0 aliphatic carbocycles. The normalized spacial score (nSPS) is 10.5. The van der Waals surface area contributed by atoms with Gasteiger partial charge >= 0.3 is 5.97 Å². The molecule has 0 aliphatic rings. The Morgan fingerprint density at radius 1 is 0.909 bits per heavy atom. The third kappa shape index (κ3) is 7.10. The number of benzene rings is 3. The van der Waals surface area contributed by atoms with Crippen LogP contribution < -0.4 is 24.4 Å². The van der Waals surface area contributed by atoms with Gasteiger partial charge in [-0.2, -0.15) is 5.10 Å². The molecule has 0 fully saturated rings. The number of carbonyl (C=O) groups is 2. The van der Waals surface area contributed by atoms with Crippen molar-refractivity contribution >= 4 is 18.1 Å². The predicted molar refractivity (Wildman–Crippen MR) is 123 cm³/mol. The lowest BCUT2D eigenvalue weighted by Crippen LogP contribution is -2.24. The maximum absolute atomic E-state index is 12.5. The molecule has 0 unspecified atom stereocenters. The van der Waals surface area contributed by atoms with Gasteiger partial charge in [0.05, 0.1) is 25.5 Å². The minimum absolute atomic E-state index is 0.161. The van der Waals surface area contributed by atoms with Gasteiger partial charge in [-0.1, -0.05) is 18.2 Å². The molecule has 0 aromatic heterocycles. The van der Waals surface area contributed by atoms with Crippen LogP contribution in [0.25, 0.3) is 0 Å². The van der Waals surface area contributed by atoms with Crippen LogP contribution in [0.2, 0.25) is 0 Å². The number of nitrogens with zero attached hydrogens (tertiary/aromatic N) is 1. The molecule has 33 heavy (non-hydrogen) atoms. The summed E-state index contributed by atoms with van der Waals surface area (Å²) in [4.78, 5) is 24.3. The Kier molecular flexibility index (Phi) is 8.41. The Morgan fingerprint density at radius 3 is 2.36 bits per heavy atom. The van der Waals surface area contributed by atoms with Crippen molar-refractivity contribution in [1.29, 1.82) is 0 Å². The average molecular weight is 448 g/mol. The van der Waals surface area contributed by atoms with E-state index in [1.807, 2.05) is 25.1 Å². The van der Waals surface area contributed by atoms with Crippen molar-refractivity contribution < 1.29 is 28.5 Å². The summed E-state index contributed by atoms with van der Waals surface area (Å²) in [5, 5.41) is 3.93. The molecule has 170 valence electrons. The average Bonchev–Trinajstić information content (AvgIpc) is 2.85. The highest BCUT2D eigenvalue weighted by Crippen LogP contribution is 2.29. The lowest BCUT2D eigenvalue weighted by molar-refractivity contribution is -0.123. The number of ether oxygens (including phenoxy) is 4. The van der Waals surface area contributed by atoms with E-state index >= 15 is 0 Å². The first-order valence-electron chi connectivity index (χ1n) is 10.2. The highest BCUT2D eigenvalue weighted by molar-refractivity contribution is 5.92. The van der Waals surface area contributed by atoms with Crippen LogP contribution in [0.15, 0.2) is 77.9 Å². The van der Waals surface area contributed by atoms with Gasteiger partial charge in [-0.05, 0) is 67.1 Å². The van der Waals surface area contributed by atoms with Crippen molar-refractivity contribution in [2.45, 2.75) is 6.92 Å². The number of hydrogen-bond donors (Lipinski definition) is 1. The third-order valence-corrected chi connectivity index (χ3v) is 4.31. The summed E-state index contributed by atoms with van der Waals surface area (Å²) in [7, 11) is 1.55. The van der Waals surface area contributed by atoms with Gasteiger partial charge < -0.3 is 18.9 Å². The molecule has 0 spiro atoms. The van der Waals surface area contributed by atoms with E-state index in [1.165, 1.54) is 6.21 Å². The summed E-state index contributed by atoms with van der Waals surface area (Å²) in [5.41, 5.74) is 3.42. The van der Waals surface area contributed by atoms with E-state index in [0.29, 0.717) is 35.0 Å². The molecule has 0 saturated carbocycles. The Bertz CT molecular complexity index is 1100. The van der Waals surface area contributed by atoms with Gasteiger partial charge in [-0.15, -0.1) is 0 Å². The molecule has 3 aromatic carbocycles. The van der Waals surface area contributed by atoms with Crippen LogP contribution in [0, 0.1) is 0 Å². The number of esters is 1. The molecule has 0 atom stereocenters. The Labute approximate surface area is 191 Å². The second kappa shape index (κ2) is 11.9. The lowest BCUT2D eigenvalue weighted by Gasteiger charge is -2.11. The van der Waals surface area contributed by atoms with Gasteiger partial charge in [0, 0.05) is 0 Å². The Hall–Kier alpha value is -4.33. The van der Waals surface area contributed by atoms with Crippen LogP contribution in [0.4, 0.5) is 0 Å². The van der Waals surface area contributed by atoms with Gasteiger partial charge in [0.15, 0.2) is 18.1 Å². The number of carbonyl (C=O) groups excluding carboxylic acids is 2. The SMILES string of the molecule is CCOc1cc(/C=N/NC(=O)COc2ccccc2)ccc1OC(=O)c1ccc(OC)cc1. The summed E-state index contributed by atoms with van der Waals surface area (Å²) in [6, 6.07) is 20.6. The van der Waals surface area contributed by atoms with E-state index in [1.54, 1.807) is 61.7 Å². The fourth-order valence-electron chi connectivity index (χ4n) is 2.72. The number of amides is 1. The number of rotatable bonds is 10. The number of hydrazone groups is 1. The van der Waals surface area contributed by atoms with Crippen molar-refractivity contribution in [2.75, 3.05) is 20.3 Å². The molecule has 8 nitrogen and oxygen atoms in total. The molecule has 3 rings (SSSR count). The quantitative estimate of drug-likeness (QED) is 0.219. The lowest BCUT2D eigenvalue weighted by atomic mass is 10.2. The summed E-state index contributed by atoms with van der Waals surface area (Å²) in [5.74, 6) is 0.967. The van der Waals surface area contributed by atoms with Crippen molar-refractivity contribution in [2.24, 2.45) is 5.10 Å². The summed E-state index contributed by atoms with van der Waals surface area (Å²) in [6.07, 6.45) is 1.46. The second-order valence-corrected chi connectivity index (χ2v) is 6.65. The van der Waals surface area contributed by atoms with Crippen LogP contribution >= 0.6 is 0 Å². The fourth-order valence-corrected chi connectivity index (χ4v) is 2.72. The molecule has 0 aliphatic heterocycles. The van der Waals surface area contributed by atoms with E-state index < -0.39 is 11.9 Å². The smallest absolute Gasteiger partial charge is 0.343 e. The Morgan fingerprint density at radius 2 is 1.67 bits per heavy atom. The minimum atomic E-state index is -0.522. The molecule has 8 heteroatoms. The van der Waals surface area contributed by atoms with Crippen LogP contribution in [0.5, 0.6) is 23.0 Å². The predicted octanol–water partition coefficient (Wildman–Crippen LogP) is 3.84. The minimum Gasteiger partial charge on any atom is -0.497 e. The van der Waals surface area contributed by atoms with Gasteiger partial charge in [0.25, 0.3) is 5.91 Å². The maximum Gasteiger partial charge on any atom is 0.343 e. The first kappa shape index (κ1) is 23.3. The summed E-state index contributed by atoms with van der Waals surface area (Å²) in [6.45, 7) is 2.04. The van der Waals surface area contributed by atoms with Crippen LogP contribution in [0.3, 0.4) is 0 Å². The molecular weight excluding hydrogens is 424 g/mol. The molecule has 0 heterocycles. The van der Waals surface area contributed by atoms with Gasteiger partial charge in [0.1, 0.15) is 11.5 Å². The molecule has 0 saturated heterocycles. The summed E-state index contributed by atoms with van der Waals surface area (Å²) < 4.78 is 21.6. The van der Waals surface area contributed by atoms with Gasteiger partial charge in [-0.3, -0.25) is 4.79 Å². The number of methoxy groups -OCH3 is 1. The number of hydrogen-bond acceptors (Lipinski definition) is 7. The highest BCUT2D eigenvalue weighted by Gasteiger charge is 2.13. The highest BCUT2D eigenvalue weighted by atomic mass is 16.6. The third-order valence-electron chi connectivity index (χ3n) is 4.31. The van der Waals surface area contributed by atoms with E-state index in [4.69, 9.17) is 18.9 Å². The van der Waals surface area contributed by atoms with E-state index in [-0.39, 0.29) is 12.4 Å². The second-order valence-electron chi connectivity index (χ2n) is 6.65. The standard InChI is InChI=1S/C25H24N2O6/c1-3-31-23-15-18(16-26-27-24(28)17-32-21-7-5-4-6-8-21)9-14-22(23)33-25(29)19-10-12-20(30-2)13-11-19/h4-16H,3,17H2,1-2H3,(H,27,28)/b26-16+. The number of para-hydroxylation sites is 1. The van der Waals surface area contributed by atoms with E-state index in [9.17, 15) is 9.59 Å². The van der Waals surface area contributed by atoms with Crippen LogP contribution in [-0.4, -0.2) is 38.4 Å². The van der Waals surface area contributed by atoms with Crippen LogP contribution in [-0.2, 0) is 4.79 Å². The zero-order chi connectivity index (χ0) is 23.5. The monoisotopic (exact) mass is 448 g/mol. The zero-order valence-corrected chi connectivity index (χ0v) is 18.3.